The molecule has 6 heteroatoms. The number of amides is 1. The molecule has 0 aliphatic carbocycles. The van der Waals surface area contributed by atoms with Crippen LogP contribution in [0.1, 0.15) is 5.69 Å². The molecule has 2 rings (SSSR count). The van der Waals surface area contributed by atoms with Crippen LogP contribution >= 0.6 is 15.9 Å². The quantitative estimate of drug-likeness (QED) is 0.841. The van der Waals surface area contributed by atoms with Crippen LogP contribution in [0.15, 0.2) is 47.1 Å². The van der Waals surface area contributed by atoms with Gasteiger partial charge in [0.25, 0.3) is 5.91 Å². The Morgan fingerprint density at radius 2 is 2.10 bits per heavy atom. The van der Waals surface area contributed by atoms with Crippen molar-refractivity contribution in [3.05, 3.63) is 52.8 Å². The molecule has 1 heterocycles. The highest BCUT2D eigenvalue weighted by Crippen LogP contribution is 2.21. The lowest BCUT2D eigenvalue weighted by Crippen LogP contribution is -2.20. The second-order valence-corrected chi connectivity index (χ2v) is 5.19. The van der Waals surface area contributed by atoms with E-state index in [0.717, 1.165) is 10.2 Å². The van der Waals surface area contributed by atoms with Crippen molar-refractivity contribution in [3.8, 4) is 5.75 Å². The summed E-state index contributed by atoms with van der Waals surface area (Å²) in [4.78, 5) is 16.0. The Bertz CT molecular complexity index is 602. The fourth-order valence-corrected chi connectivity index (χ4v) is 2.06. The maximum atomic E-state index is 11.8. The highest BCUT2D eigenvalue weighted by molar-refractivity contribution is 9.10. The van der Waals surface area contributed by atoms with Crippen LogP contribution in [-0.2, 0) is 11.3 Å². The minimum atomic E-state index is -0.221. The van der Waals surface area contributed by atoms with Gasteiger partial charge in [0.05, 0.1) is 17.6 Å². The zero-order chi connectivity index (χ0) is 15.1. The third kappa shape index (κ3) is 4.84. The molecule has 21 heavy (non-hydrogen) atoms. The van der Waals surface area contributed by atoms with Crippen LogP contribution in [0.25, 0.3) is 0 Å². The van der Waals surface area contributed by atoms with Crippen LogP contribution < -0.4 is 15.4 Å². The van der Waals surface area contributed by atoms with E-state index in [2.05, 4.69) is 31.5 Å². The van der Waals surface area contributed by atoms with E-state index in [9.17, 15) is 4.79 Å². The van der Waals surface area contributed by atoms with Crippen LogP contribution in [0.4, 0.5) is 5.69 Å². The van der Waals surface area contributed by atoms with Crippen molar-refractivity contribution in [1.82, 2.24) is 10.3 Å². The van der Waals surface area contributed by atoms with E-state index in [-0.39, 0.29) is 12.5 Å². The fourth-order valence-electron chi connectivity index (χ4n) is 1.68. The molecule has 0 aliphatic rings. The van der Waals surface area contributed by atoms with Gasteiger partial charge in [0.2, 0.25) is 0 Å². The summed E-state index contributed by atoms with van der Waals surface area (Å²) in [6.07, 6.45) is 1.61. The molecule has 1 aromatic heterocycles. The topological polar surface area (TPSA) is 63.2 Å². The van der Waals surface area contributed by atoms with Gasteiger partial charge in [-0.05, 0) is 47.2 Å². The lowest BCUT2D eigenvalue weighted by molar-refractivity contribution is -0.118. The van der Waals surface area contributed by atoms with E-state index in [1.54, 1.807) is 12.3 Å². The predicted octanol–water partition coefficient (Wildman–Crippen LogP) is 2.58. The van der Waals surface area contributed by atoms with Crippen molar-refractivity contribution in [2.24, 2.45) is 0 Å². The van der Waals surface area contributed by atoms with Crippen LogP contribution in [0.5, 0.6) is 5.75 Å². The van der Waals surface area contributed by atoms with Gasteiger partial charge in [-0.3, -0.25) is 9.78 Å². The SMILES string of the molecule is CNCc1ccc(OCC(=O)Nc2ccccc2Br)cn1. The summed E-state index contributed by atoms with van der Waals surface area (Å²) >= 11 is 3.37. The van der Waals surface area contributed by atoms with E-state index in [0.29, 0.717) is 18.0 Å². The van der Waals surface area contributed by atoms with Gasteiger partial charge >= 0.3 is 0 Å². The molecule has 5 nitrogen and oxygen atoms in total. The average molecular weight is 350 g/mol. The summed E-state index contributed by atoms with van der Waals surface area (Å²) in [5.74, 6) is 0.346. The molecule has 0 radical (unpaired) electrons. The van der Waals surface area contributed by atoms with Crippen LogP contribution in [0.3, 0.4) is 0 Å². The first-order chi connectivity index (χ1) is 10.2. The summed E-state index contributed by atoms with van der Waals surface area (Å²) in [6.45, 7) is 0.636. The molecule has 1 amide bonds. The van der Waals surface area contributed by atoms with Crippen molar-refractivity contribution < 1.29 is 9.53 Å². The minimum absolute atomic E-state index is 0.0611. The molecule has 2 N–H and O–H groups in total. The predicted molar refractivity (Wildman–Crippen MR) is 85.3 cm³/mol. The highest BCUT2D eigenvalue weighted by atomic mass is 79.9. The number of hydrogen-bond acceptors (Lipinski definition) is 4. The first kappa shape index (κ1) is 15.5. The number of carbonyl (C=O) groups excluding carboxylic acids is 1. The molecule has 0 saturated heterocycles. The molecular formula is C15H16BrN3O2. The largest absolute Gasteiger partial charge is 0.482 e. The Balaban J connectivity index is 1.85. The van der Waals surface area contributed by atoms with E-state index in [1.165, 1.54) is 0 Å². The summed E-state index contributed by atoms with van der Waals surface area (Å²) in [6, 6.07) is 11.1. The molecule has 0 atom stereocenters. The van der Waals surface area contributed by atoms with Gasteiger partial charge in [-0.1, -0.05) is 12.1 Å². The van der Waals surface area contributed by atoms with Gasteiger partial charge in [-0.25, -0.2) is 0 Å². The number of rotatable bonds is 6. The lowest BCUT2D eigenvalue weighted by Gasteiger charge is -2.09. The first-order valence-electron chi connectivity index (χ1n) is 6.46. The number of nitrogens with one attached hydrogen (secondary N) is 2. The molecule has 1 aromatic carbocycles. The van der Waals surface area contributed by atoms with Crippen LogP contribution in [0, 0.1) is 0 Å². The summed E-state index contributed by atoms with van der Waals surface area (Å²) in [5, 5.41) is 5.79. The summed E-state index contributed by atoms with van der Waals surface area (Å²) in [5.41, 5.74) is 1.64. The molecular weight excluding hydrogens is 334 g/mol. The van der Waals surface area contributed by atoms with Crippen molar-refractivity contribution in [2.75, 3.05) is 19.0 Å². The third-order valence-electron chi connectivity index (χ3n) is 2.67. The van der Waals surface area contributed by atoms with Crippen molar-refractivity contribution in [3.63, 3.8) is 0 Å². The first-order valence-corrected chi connectivity index (χ1v) is 7.25. The van der Waals surface area contributed by atoms with E-state index in [1.807, 2.05) is 37.4 Å². The fraction of sp³-hybridized carbons (Fsp3) is 0.200. The van der Waals surface area contributed by atoms with Gasteiger partial charge in [0.15, 0.2) is 6.61 Å². The standard InChI is InChI=1S/C15H16BrN3O2/c1-17-8-11-6-7-12(9-18-11)21-10-15(20)19-14-5-3-2-4-13(14)16/h2-7,9,17H,8,10H2,1H3,(H,19,20). The van der Waals surface area contributed by atoms with E-state index < -0.39 is 0 Å². The molecule has 110 valence electrons. The number of benzene rings is 1. The number of halogens is 1. The second-order valence-electron chi connectivity index (χ2n) is 4.33. The monoisotopic (exact) mass is 349 g/mol. The molecule has 0 spiro atoms. The number of pyridine rings is 1. The van der Waals surface area contributed by atoms with Gasteiger partial charge < -0.3 is 15.4 Å². The summed E-state index contributed by atoms with van der Waals surface area (Å²) in [7, 11) is 1.86. The molecule has 2 aromatic rings. The molecule has 0 saturated carbocycles. The Kier molecular flexibility index (Phi) is 5.71. The van der Waals surface area contributed by atoms with Gasteiger partial charge in [-0.2, -0.15) is 0 Å². The van der Waals surface area contributed by atoms with Gasteiger partial charge in [0.1, 0.15) is 5.75 Å². The second kappa shape index (κ2) is 7.75. The Morgan fingerprint density at radius 3 is 2.76 bits per heavy atom. The lowest BCUT2D eigenvalue weighted by atomic mass is 10.3. The molecule has 0 fully saturated rings. The summed E-state index contributed by atoms with van der Waals surface area (Å²) < 4.78 is 6.23. The number of carbonyl (C=O) groups is 1. The number of para-hydroxylation sites is 1. The molecule has 0 aliphatic heterocycles. The Hall–Kier alpha value is -1.92. The van der Waals surface area contributed by atoms with Crippen LogP contribution in [-0.4, -0.2) is 24.5 Å². The average Bonchev–Trinajstić information content (AvgIpc) is 2.49. The van der Waals surface area contributed by atoms with Gasteiger partial charge in [0, 0.05) is 11.0 Å². The van der Waals surface area contributed by atoms with Gasteiger partial charge in [-0.15, -0.1) is 0 Å². The number of aromatic nitrogens is 1. The van der Waals surface area contributed by atoms with Crippen LogP contribution in [0.2, 0.25) is 0 Å². The maximum absolute atomic E-state index is 11.8. The smallest absolute Gasteiger partial charge is 0.262 e. The maximum Gasteiger partial charge on any atom is 0.262 e. The normalized spacial score (nSPS) is 10.2. The minimum Gasteiger partial charge on any atom is -0.482 e. The van der Waals surface area contributed by atoms with E-state index in [4.69, 9.17) is 4.74 Å². The third-order valence-corrected chi connectivity index (χ3v) is 3.36. The highest BCUT2D eigenvalue weighted by Gasteiger charge is 2.06. The number of nitrogens with zero attached hydrogens (tertiary/aromatic N) is 1. The van der Waals surface area contributed by atoms with Crippen molar-refractivity contribution in [1.29, 1.82) is 0 Å². The van der Waals surface area contributed by atoms with Crippen molar-refractivity contribution >= 4 is 27.5 Å². The van der Waals surface area contributed by atoms with Crippen molar-refractivity contribution in [2.45, 2.75) is 6.54 Å². The number of ether oxygens (including phenoxy) is 1. The molecule has 0 unspecified atom stereocenters. The number of hydrogen-bond donors (Lipinski definition) is 2. The zero-order valence-electron chi connectivity index (χ0n) is 11.6. The number of anilines is 1. The Labute approximate surface area is 131 Å². The Morgan fingerprint density at radius 1 is 1.29 bits per heavy atom. The molecule has 0 bridgehead atoms. The zero-order valence-corrected chi connectivity index (χ0v) is 13.2. The van der Waals surface area contributed by atoms with E-state index >= 15 is 0 Å².